The van der Waals surface area contributed by atoms with Crippen molar-refractivity contribution in [3.05, 3.63) is 53.6 Å². The molecule has 12 heteroatoms. The molecule has 2 aromatic carbocycles. The van der Waals surface area contributed by atoms with Gasteiger partial charge in [-0.1, -0.05) is 13.3 Å². The van der Waals surface area contributed by atoms with Crippen LogP contribution < -0.4 is 10.0 Å². The summed E-state index contributed by atoms with van der Waals surface area (Å²) in [5.41, 5.74) is -1.00. The van der Waals surface area contributed by atoms with Gasteiger partial charge in [-0.05, 0) is 73.9 Å². The second-order valence-electron chi connectivity index (χ2n) is 11.9. The molecule has 1 saturated heterocycles. The molecule has 2 N–H and O–H groups in total. The first-order valence-electron chi connectivity index (χ1n) is 13.7. The van der Waals surface area contributed by atoms with Gasteiger partial charge in [0.2, 0.25) is 5.91 Å². The molecule has 1 atom stereocenters. The highest BCUT2D eigenvalue weighted by atomic mass is 32.2. The lowest BCUT2D eigenvalue weighted by Gasteiger charge is -2.58. The van der Waals surface area contributed by atoms with Gasteiger partial charge in [-0.3, -0.25) is 9.69 Å². The van der Waals surface area contributed by atoms with E-state index in [1.165, 1.54) is 23.9 Å². The number of benzene rings is 2. The third-order valence-corrected chi connectivity index (χ3v) is 11.0. The molecule has 2 aromatic rings. The van der Waals surface area contributed by atoms with Crippen molar-refractivity contribution in [3.8, 4) is 6.07 Å². The Morgan fingerprint density at radius 1 is 1.20 bits per heavy atom. The van der Waals surface area contributed by atoms with Gasteiger partial charge in [0.05, 0.1) is 16.1 Å². The van der Waals surface area contributed by atoms with Gasteiger partial charge >= 0.3 is 0 Å². The Morgan fingerprint density at radius 2 is 1.88 bits per heavy atom. The number of carbonyl (C=O) groups is 1. The molecule has 0 radical (unpaired) electrons. The number of hydrogen-bond donors (Lipinski definition) is 2. The van der Waals surface area contributed by atoms with Crippen LogP contribution in [0.3, 0.4) is 0 Å². The zero-order valence-electron chi connectivity index (χ0n) is 22.8. The van der Waals surface area contributed by atoms with E-state index in [1.54, 1.807) is 19.1 Å². The Hall–Kier alpha value is -2.75. The molecule has 7 nitrogen and oxygen atoms in total. The van der Waals surface area contributed by atoms with E-state index >= 15 is 4.39 Å². The minimum absolute atomic E-state index is 0.146. The molecule has 0 bridgehead atoms. The topological polar surface area (TPSA) is 102 Å². The van der Waals surface area contributed by atoms with Crippen molar-refractivity contribution in [2.75, 3.05) is 30.7 Å². The highest BCUT2D eigenvalue weighted by molar-refractivity contribution is 7.99. The van der Waals surface area contributed by atoms with Crippen molar-refractivity contribution in [1.82, 2.24) is 9.62 Å². The van der Waals surface area contributed by atoms with Gasteiger partial charge in [-0.25, -0.2) is 26.3 Å². The molecule has 2 saturated carbocycles. The number of carbonyl (C=O) groups excluding carboxylic acids is 1. The van der Waals surface area contributed by atoms with Gasteiger partial charge in [0.1, 0.15) is 23.9 Å². The van der Waals surface area contributed by atoms with Crippen LogP contribution in [0.2, 0.25) is 0 Å². The normalized spacial score (nSPS) is 20.3. The number of nitrogens with one attached hydrogen (secondary N) is 2. The number of nitriles is 1. The quantitative estimate of drug-likeness (QED) is 0.338. The number of amides is 1. The standard InChI is InChI=1S/C29H33F3N4O3S2/c1-28(17-29(18-28)8-2-9-29)27(37)35-41(38,39)24-11-19(13-33)26(25(32)12-24)34-22(7-10-36-14-21(31)15-36)16-40-23-5-3-20(30)4-6-23/h3-6,11-12,21-22,34H,2,7-10,14-18H2,1H3,(H,35,37)/t22-/m1/s1. The van der Waals surface area contributed by atoms with E-state index in [1.807, 2.05) is 11.0 Å². The molecular weight excluding hydrogens is 573 g/mol. The predicted molar refractivity (Wildman–Crippen MR) is 151 cm³/mol. The van der Waals surface area contributed by atoms with Crippen LogP contribution in [0, 0.1) is 33.8 Å². The van der Waals surface area contributed by atoms with Crippen LogP contribution in [0.5, 0.6) is 0 Å². The van der Waals surface area contributed by atoms with Crippen LogP contribution in [0.25, 0.3) is 0 Å². The molecule has 1 amide bonds. The van der Waals surface area contributed by atoms with E-state index in [0.29, 0.717) is 44.6 Å². The molecule has 1 heterocycles. The highest BCUT2D eigenvalue weighted by Crippen LogP contribution is 2.64. The summed E-state index contributed by atoms with van der Waals surface area (Å²) < 4.78 is 70.2. The number of thioether (sulfide) groups is 1. The number of rotatable bonds is 11. The van der Waals surface area contributed by atoms with Crippen LogP contribution in [0.1, 0.15) is 51.0 Å². The third-order valence-electron chi connectivity index (χ3n) is 8.53. The van der Waals surface area contributed by atoms with E-state index < -0.39 is 38.2 Å². The Labute approximate surface area is 242 Å². The summed E-state index contributed by atoms with van der Waals surface area (Å²) in [5.74, 6) is -1.49. The van der Waals surface area contributed by atoms with Gasteiger partial charge in [0.25, 0.3) is 10.0 Å². The van der Waals surface area contributed by atoms with Crippen molar-refractivity contribution in [2.24, 2.45) is 10.8 Å². The number of likely N-dealkylation sites (tertiary alicyclic amines) is 1. The van der Waals surface area contributed by atoms with Gasteiger partial charge < -0.3 is 5.32 Å². The highest BCUT2D eigenvalue weighted by Gasteiger charge is 2.58. The van der Waals surface area contributed by atoms with Gasteiger partial charge in [0.15, 0.2) is 0 Å². The fraction of sp³-hybridized carbons (Fsp3) is 0.517. The number of sulfonamides is 1. The maximum absolute atomic E-state index is 15.4. The van der Waals surface area contributed by atoms with Crippen LogP contribution in [-0.4, -0.2) is 56.8 Å². The fourth-order valence-corrected chi connectivity index (χ4v) is 8.34. The van der Waals surface area contributed by atoms with E-state index in [0.717, 1.165) is 36.3 Å². The first kappa shape index (κ1) is 29.7. The third kappa shape index (κ3) is 6.52. The summed E-state index contributed by atoms with van der Waals surface area (Å²) in [6, 6.07) is 9.31. The van der Waals surface area contributed by atoms with Crippen LogP contribution in [-0.2, 0) is 14.8 Å². The van der Waals surface area contributed by atoms with Gasteiger partial charge in [-0.15, -0.1) is 11.8 Å². The van der Waals surface area contributed by atoms with Crippen LogP contribution >= 0.6 is 11.8 Å². The Kier molecular flexibility index (Phi) is 8.34. The lowest BCUT2D eigenvalue weighted by Crippen LogP contribution is -2.56. The average Bonchev–Trinajstić information content (AvgIpc) is 2.87. The minimum atomic E-state index is -4.41. The summed E-state index contributed by atoms with van der Waals surface area (Å²) in [7, 11) is -4.41. The van der Waals surface area contributed by atoms with Crippen molar-refractivity contribution in [2.45, 2.75) is 67.5 Å². The maximum Gasteiger partial charge on any atom is 0.264 e. The average molecular weight is 607 g/mol. The predicted octanol–water partition coefficient (Wildman–Crippen LogP) is 5.23. The van der Waals surface area contributed by atoms with Crippen molar-refractivity contribution >= 4 is 33.4 Å². The number of hydrogen-bond acceptors (Lipinski definition) is 7. The largest absolute Gasteiger partial charge is 0.378 e. The van der Waals surface area contributed by atoms with E-state index in [4.69, 9.17) is 0 Å². The first-order chi connectivity index (χ1) is 19.4. The van der Waals surface area contributed by atoms with Gasteiger partial charge in [-0.2, -0.15) is 5.26 Å². The molecule has 1 spiro atoms. The summed E-state index contributed by atoms with van der Waals surface area (Å²) in [6.07, 6.45) is 4.11. The molecule has 0 aromatic heterocycles. The summed E-state index contributed by atoms with van der Waals surface area (Å²) in [6.45, 7) is 2.94. The lowest BCUT2D eigenvalue weighted by molar-refractivity contribution is -0.151. The number of halogens is 3. The molecule has 3 aliphatic rings. The second kappa shape index (κ2) is 11.5. The molecule has 5 rings (SSSR count). The van der Waals surface area contributed by atoms with Crippen LogP contribution in [0.4, 0.5) is 18.9 Å². The Morgan fingerprint density at radius 3 is 2.46 bits per heavy atom. The molecule has 0 unspecified atom stereocenters. The smallest absolute Gasteiger partial charge is 0.264 e. The molecular formula is C29H33F3N4O3S2. The lowest BCUT2D eigenvalue weighted by atomic mass is 9.46. The van der Waals surface area contributed by atoms with E-state index in [-0.39, 0.29) is 28.5 Å². The molecule has 2 aliphatic carbocycles. The second-order valence-corrected chi connectivity index (χ2v) is 14.7. The fourth-order valence-electron chi connectivity index (χ4n) is 6.23. The molecule has 220 valence electrons. The first-order valence-corrected chi connectivity index (χ1v) is 16.2. The monoisotopic (exact) mass is 606 g/mol. The molecule has 3 fully saturated rings. The van der Waals surface area contributed by atoms with Crippen molar-refractivity contribution in [1.29, 1.82) is 5.26 Å². The Balaban J connectivity index is 1.30. The zero-order valence-corrected chi connectivity index (χ0v) is 24.4. The van der Waals surface area contributed by atoms with Crippen LogP contribution in [0.15, 0.2) is 46.2 Å². The number of anilines is 1. The zero-order chi connectivity index (χ0) is 29.4. The SMILES string of the molecule is CC1(C(=O)NS(=O)(=O)c2cc(F)c(N[C@H](CCN3CC(F)C3)CSc3ccc(F)cc3)c(C#N)c2)CC2(CCC2)C1. The summed E-state index contributed by atoms with van der Waals surface area (Å²) in [5, 5.41) is 12.8. The Bertz CT molecular complexity index is 1440. The minimum Gasteiger partial charge on any atom is -0.378 e. The van der Waals surface area contributed by atoms with E-state index in [2.05, 4.69) is 10.0 Å². The maximum atomic E-state index is 15.4. The summed E-state index contributed by atoms with van der Waals surface area (Å²) >= 11 is 1.41. The molecule has 1 aliphatic heterocycles. The molecule has 41 heavy (non-hydrogen) atoms. The van der Waals surface area contributed by atoms with Gasteiger partial charge in [0, 0.05) is 41.7 Å². The summed E-state index contributed by atoms with van der Waals surface area (Å²) in [4.78, 5) is 15.1. The van der Waals surface area contributed by atoms with Crippen molar-refractivity contribution in [3.63, 3.8) is 0 Å². The van der Waals surface area contributed by atoms with E-state index in [9.17, 15) is 27.3 Å². The van der Waals surface area contributed by atoms with Crippen molar-refractivity contribution < 1.29 is 26.4 Å². The number of alkyl halides is 1. The number of nitrogens with zero attached hydrogens (tertiary/aromatic N) is 2.